The maximum atomic E-state index is 11.7. The van der Waals surface area contributed by atoms with Crippen molar-refractivity contribution in [1.82, 2.24) is 21.3 Å². The number of phenolic OH excluding ortho intramolecular Hbond substituents is 3. The molecule has 3 unspecified atom stereocenters. The predicted octanol–water partition coefficient (Wildman–Crippen LogP) is 14.2. The van der Waals surface area contributed by atoms with Crippen molar-refractivity contribution >= 4 is 122 Å². The number of thioether (sulfide) groups is 4. The van der Waals surface area contributed by atoms with Crippen LogP contribution in [0.3, 0.4) is 0 Å². The Bertz CT molecular complexity index is 4040. The van der Waals surface area contributed by atoms with Gasteiger partial charge in [0.1, 0.15) is 58.6 Å². The van der Waals surface area contributed by atoms with Gasteiger partial charge in [-0.1, -0.05) is 135 Å². The number of nitrogens with one attached hydrogen (secondary N) is 4. The summed E-state index contributed by atoms with van der Waals surface area (Å²) in [6, 6.07) is 56.5. The molecule has 488 valence electrons. The fraction of sp³-hybridized carbons (Fsp3) is 0.127. The number of amides is 8. The first-order valence-corrected chi connectivity index (χ1v) is 31.4. The maximum absolute atomic E-state index is 11.7. The van der Waals surface area contributed by atoms with E-state index in [0.717, 1.165) is 104 Å². The molecule has 0 saturated carbocycles. The number of rotatable bonds is 16. The van der Waals surface area contributed by atoms with Gasteiger partial charge in [0.05, 0.1) is 27.8 Å². The molecular weight excluding hydrogens is 1290 g/mol. The van der Waals surface area contributed by atoms with Crippen LogP contribution in [0.4, 0.5) is 19.2 Å². The third-order valence-electron chi connectivity index (χ3n) is 13.2. The monoisotopic (exact) mass is 1360 g/mol. The Morgan fingerprint density at radius 3 is 0.947 bits per heavy atom. The lowest BCUT2D eigenvalue weighted by atomic mass is 10.1. The van der Waals surface area contributed by atoms with Gasteiger partial charge in [-0.15, -0.1) is 0 Å². The summed E-state index contributed by atoms with van der Waals surface area (Å²) < 4.78 is 16.8. The molecule has 8 aromatic rings. The third kappa shape index (κ3) is 23.8. The number of hydrogen-bond acceptors (Lipinski definition) is 20. The molecule has 4 aliphatic rings. The molecule has 24 heteroatoms. The molecule has 0 aromatic heterocycles. The normalized spacial score (nSPS) is 16.2. The van der Waals surface area contributed by atoms with E-state index in [4.69, 9.17) is 29.5 Å². The molecule has 8 aromatic carbocycles. The number of carbonyl (C=O) groups is 10. The summed E-state index contributed by atoms with van der Waals surface area (Å²) in [6.45, 7) is 0. The number of methoxy groups -OCH3 is 1. The largest absolute Gasteiger partial charge is 0.508 e. The number of ether oxygens (including phenoxy) is 3. The number of benzene rings is 8. The lowest BCUT2D eigenvalue weighted by molar-refractivity contribution is -0.119. The molecule has 12 rings (SSSR count). The van der Waals surface area contributed by atoms with E-state index in [0.29, 0.717) is 52.5 Å². The highest BCUT2D eigenvalue weighted by Crippen LogP contribution is 2.30. The van der Waals surface area contributed by atoms with Gasteiger partial charge in [-0.3, -0.25) is 69.2 Å². The van der Waals surface area contributed by atoms with E-state index in [9.17, 15) is 47.9 Å². The molecule has 4 aliphatic heterocycles. The second-order valence-corrected chi connectivity index (χ2v) is 24.5. The van der Waals surface area contributed by atoms with E-state index in [-0.39, 0.29) is 92.4 Å². The van der Waals surface area contributed by atoms with Crippen molar-refractivity contribution in [2.45, 2.75) is 49.9 Å². The van der Waals surface area contributed by atoms with E-state index < -0.39 is 0 Å². The SMILES string of the molecule is C.C.COc1ccc(/C=C\c2ccc(Oc3ccc(CC4SC(=O)NC4=O)cc3)cc2)cc1.O=C1NC(=O)/C(=C/c2ccc(O)cc2)S1.O=C1NC(=O)C(Cc2ccc(O)cc2)S1.O=Cc1ccc(O)cc1.O=Cc1ccc(Oc2ccc(CC3SC(=O)NC3=O)cc2)cc1. The van der Waals surface area contributed by atoms with Gasteiger partial charge in [-0.2, -0.15) is 0 Å². The topological polar surface area (TPSA) is 307 Å². The van der Waals surface area contributed by atoms with Crippen LogP contribution in [0.2, 0.25) is 0 Å². The van der Waals surface area contributed by atoms with Crippen LogP contribution in [-0.2, 0) is 38.4 Å². The lowest BCUT2D eigenvalue weighted by Gasteiger charge is -2.08. The van der Waals surface area contributed by atoms with Crippen LogP contribution < -0.4 is 35.5 Å². The van der Waals surface area contributed by atoms with Gasteiger partial charge in [0.25, 0.3) is 26.9 Å². The molecule has 0 aliphatic carbocycles. The molecule has 4 fully saturated rings. The van der Waals surface area contributed by atoms with E-state index in [1.54, 1.807) is 86.0 Å². The molecule has 0 bridgehead atoms. The van der Waals surface area contributed by atoms with Crippen LogP contribution in [0.25, 0.3) is 18.2 Å². The average molecular weight is 1360 g/mol. The number of phenols is 3. The molecular formula is C71H64N4O16S4. The maximum Gasteiger partial charge on any atom is 0.290 e. The van der Waals surface area contributed by atoms with Crippen LogP contribution in [0.15, 0.2) is 199 Å². The van der Waals surface area contributed by atoms with Crippen molar-refractivity contribution in [2.75, 3.05) is 7.11 Å². The van der Waals surface area contributed by atoms with Crippen molar-refractivity contribution in [1.29, 1.82) is 0 Å². The molecule has 0 radical (unpaired) electrons. The third-order valence-corrected chi connectivity index (χ3v) is 16.9. The van der Waals surface area contributed by atoms with Crippen LogP contribution in [0.1, 0.15) is 68.9 Å². The van der Waals surface area contributed by atoms with Gasteiger partial charge in [0, 0.05) is 11.1 Å². The number of aromatic hydroxyl groups is 3. The number of carbonyl (C=O) groups excluding carboxylic acids is 10. The molecule has 7 N–H and O–H groups in total. The van der Waals surface area contributed by atoms with Gasteiger partial charge in [0.2, 0.25) is 17.7 Å². The highest BCUT2D eigenvalue weighted by molar-refractivity contribution is 8.18. The first-order valence-electron chi connectivity index (χ1n) is 28.0. The second-order valence-electron chi connectivity index (χ2n) is 19.9. The lowest BCUT2D eigenvalue weighted by Crippen LogP contribution is -2.25. The minimum atomic E-state index is -0.377. The fourth-order valence-corrected chi connectivity index (χ4v) is 11.6. The highest BCUT2D eigenvalue weighted by atomic mass is 32.2. The average Bonchev–Trinajstić information content (AvgIpc) is 2.42. The van der Waals surface area contributed by atoms with Gasteiger partial charge in [-0.25, -0.2) is 0 Å². The summed E-state index contributed by atoms with van der Waals surface area (Å²) >= 11 is 3.94. The minimum absolute atomic E-state index is 0. The van der Waals surface area contributed by atoms with Crippen molar-refractivity contribution in [3.05, 3.63) is 244 Å². The summed E-state index contributed by atoms with van der Waals surface area (Å²) in [4.78, 5) is 111. The van der Waals surface area contributed by atoms with Crippen molar-refractivity contribution < 1.29 is 77.5 Å². The van der Waals surface area contributed by atoms with Crippen LogP contribution in [-0.4, -0.2) is 95.3 Å². The van der Waals surface area contributed by atoms with E-state index in [1.807, 2.05) is 109 Å². The zero-order valence-corrected chi connectivity index (χ0v) is 52.3. The van der Waals surface area contributed by atoms with Crippen molar-refractivity contribution in [3.8, 4) is 46.0 Å². The Hall–Kier alpha value is -10.7. The first kappa shape index (κ1) is 73.4. The summed E-state index contributed by atoms with van der Waals surface area (Å²) in [5.74, 6) is 3.05. The van der Waals surface area contributed by atoms with Gasteiger partial charge >= 0.3 is 0 Å². The predicted molar refractivity (Wildman–Crippen MR) is 371 cm³/mol. The minimum Gasteiger partial charge on any atom is -0.508 e. The quantitative estimate of drug-likeness (QED) is 0.0269. The smallest absolute Gasteiger partial charge is 0.290 e. The fourth-order valence-electron chi connectivity index (χ4n) is 8.38. The Morgan fingerprint density at radius 1 is 0.368 bits per heavy atom. The summed E-state index contributed by atoms with van der Waals surface area (Å²) in [7, 11) is 1.65. The molecule has 8 amide bonds. The molecule has 0 spiro atoms. The summed E-state index contributed by atoms with van der Waals surface area (Å²) in [5, 5.41) is 33.6. The first-order chi connectivity index (χ1) is 44.8. The van der Waals surface area contributed by atoms with E-state index in [2.05, 4.69) is 21.3 Å². The van der Waals surface area contributed by atoms with Crippen LogP contribution in [0, 0.1) is 0 Å². The molecule has 20 nitrogen and oxygen atoms in total. The molecule has 4 saturated heterocycles. The number of imide groups is 4. The molecule has 3 atom stereocenters. The van der Waals surface area contributed by atoms with Crippen LogP contribution >= 0.6 is 47.0 Å². The Labute approximate surface area is 564 Å². The van der Waals surface area contributed by atoms with E-state index in [1.165, 1.54) is 24.3 Å². The van der Waals surface area contributed by atoms with Crippen molar-refractivity contribution in [3.63, 3.8) is 0 Å². The highest BCUT2D eigenvalue weighted by Gasteiger charge is 2.33. The van der Waals surface area contributed by atoms with Crippen LogP contribution in [0.5, 0.6) is 46.0 Å². The standard InChI is InChI=1S/C25H21NO4S.C17H13NO4S.C10H9NO3S.C10H7NO3S.C7H6O2.2CH4/c1-29-20-10-4-17(5-11-20)2-3-18-6-12-21(13-7-18)30-22-14-8-19(9-15-22)16-23-24(27)26-25(28)31-23;19-10-12-3-7-14(8-4-12)22-13-5-1-11(2-6-13)9-15-16(20)18-17(21)23-15;2*12-7-3-1-6(2-4-7)5-8-9(13)11-10(14)15-8;8-5-6-1-3-7(9)4-2-6;;/h2-15,23H,16H2,1H3,(H,26,27,28);1-8,10,15H,9H2,(H,18,20,21);1-4,8,12H,5H2,(H,11,13,14);1-5,12H,(H,11,13,14);1-5,9H;2*1H4/b3-2-;;;8-5-;;;. The molecule has 95 heavy (non-hydrogen) atoms. The summed E-state index contributed by atoms with van der Waals surface area (Å²) in [6.07, 6.45) is 8.72. The number of aldehydes is 2. The molecule has 4 heterocycles. The Kier molecular flexibility index (Phi) is 28.2. The van der Waals surface area contributed by atoms with Crippen molar-refractivity contribution in [2.24, 2.45) is 0 Å². The zero-order valence-electron chi connectivity index (χ0n) is 49.0. The van der Waals surface area contributed by atoms with Gasteiger partial charge in [-0.05, 0) is 192 Å². The van der Waals surface area contributed by atoms with E-state index >= 15 is 0 Å². The Balaban J connectivity index is 0.000000198. The zero-order chi connectivity index (χ0) is 66.2. The number of hydrogen-bond donors (Lipinski definition) is 7. The van der Waals surface area contributed by atoms with Gasteiger partial charge < -0.3 is 29.5 Å². The van der Waals surface area contributed by atoms with Gasteiger partial charge in [0.15, 0.2) is 0 Å². The second kappa shape index (κ2) is 36.5. The summed E-state index contributed by atoms with van der Waals surface area (Å²) in [5.41, 5.74) is 6.96. The Morgan fingerprint density at radius 2 is 0.653 bits per heavy atom.